The van der Waals surface area contributed by atoms with E-state index in [1.807, 2.05) is 42.5 Å². The molecule has 0 fully saturated rings. The van der Waals surface area contributed by atoms with Crippen LogP contribution in [0.3, 0.4) is 0 Å². The predicted molar refractivity (Wildman–Crippen MR) is 87.6 cm³/mol. The molecule has 0 atom stereocenters. The average molecular weight is 305 g/mol. The van der Waals surface area contributed by atoms with Crippen LogP contribution >= 0.6 is 0 Å². The third-order valence-corrected chi connectivity index (χ3v) is 3.39. The van der Waals surface area contributed by atoms with E-state index in [2.05, 4.69) is 15.8 Å². The van der Waals surface area contributed by atoms with E-state index in [1.54, 1.807) is 30.5 Å². The molecule has 0 aliphatic carbocycles. The van der Waals surface area contributed by atoms with Gasteiger partial charge >= 0.3 is 0 Å². The topological polar surface area (TPSA) is 74.0 Å². The van der Waals surface area contributed by atoms with Gasteiger partial charge in [0.05, 0.1) is 0 Å². The first kappa shape index (κ1) is 14.6. The largest absolute Gasteiger partial charge is 0.357 e. The maximum atomic E-state index is 12.0. The molecule has 0 aliphatic heterocycles. The standard InChI is InChI=1S/C18H15N3O2/c22-17(20-21-18(23)16-7-4-12-19-16)15-10-8-14(9-11-15)13-5-2-1-3-6-13/h1-12,19H,(H,20,22)(H,21,23). The van der Waals surface area contributed by atoms with Crippen LogP contribution in [0, 0.1) is 0 Å². The molecule has 3 N–H and O–H groups in total. The summed E-state index contributed by atoms with van der Waals surface area (Å²) in [6, 6.07) is 20.4. The van der Waals surface area contributed by atoms with Gasteiger partial charge < -0.3 is 4.98 Å². The van der Waals surface area contributed by atoms with E-state index in [4.69, 9.17) is 0 Å². The van der Waals surface area contributed by atoms with Gasteiger partial charge in [-0.3, -0.25) is 20.4 Å². The Labute approximate surface area is 133 Å². The van der Waals surface area contributed by atoms with Crippen molar-refractivity contribution in [2.75, 3.05) is 0 Å². The number of benzene rings is 2. The van der Waals surface area contributed by atoms with E-state index in [0.29, 0.717) is 11.3 Å². The van der Waals surface area contributed by atoms with Crippen molar-refractivity contribution >= 4 is 11.8 Å². The first-order chi connectivity index (χ1) is 11.2. The van der Waals surface area contributed by atoms with Crippen LogP contribution in [-0.4, -0.2) is 16.8 Å². The van der Waals surface area contributed by atoms with Gasteiger partial charge in [0.1, 0.15) is 5.69 Å². The summed E-state index contributed by atoms with van der Waals surface area (Å²) in [4.78, 5) is 26.5. The van der Waals surface area contributed by atoms with E-state index < -0.39 is 5.91 Å². The molecule has 0 spiro atoms. The van der Waals surface area contributed by atoms with Crippen molar-refractivity contribution in [1.29, 1.82) is 0 Å². The molecule has 23 heavy (non-hydrogen) atoms. The molecule has 2 amide bonds. The minimum atomic E-state index is -0.399. The Balaban J connectivity index is 1.63. The first-order valence-corrected chi connectivity index (χ1v) is 7.13. The van der Waals surface area contributed by atoms with Gasteiger partial charge in [0, 0.05) is 11.8 Å². The molecule has 3 aromatic rings. The van der Waals surface area contributed by atoms with Crippen LogP contribution < -0.4 is 10.9 Å². The Hall–Kier alpha value is -3.34. The monoisotopic (exact) mass is 305 g/mol. The number of aromatic nitrogens is 1. The minimum Gasteiger partial charge on any atom is -0.357 e. The first-order valence-electron chi connectivity index (χ1n) is 7.13. The number of rotatable bonds is 3. The van der Waals surface area contributed by atoms with Gasteiger partial charge in [-0.2, -0.15) is 0 Å². The third-order valence-electron chi connectivity index (χ3n) is 3.39. The van der Waals surface area contributed by atoms with Gasteiger partial charge in [-0.25, -0.2) is 0 Å². The third kappa shape index (κ3) is 3.47. The summed E-state index contributed by atoms with van der Waals surface area (Å²) in [5.74, 6) is -0.770. The average Bonchev–Trinajstić information content (AvgIpc) is 3.15. The second kappa shape index (κ2) is 6.62. The van der Waals surface area contributed by atoms with Crippen molar-refractivity contribution in [3.05, 3.63) is 84.2 Å². The van der Waals surface area contributed by atoms with Crippen LogP contribution in [0.25, 0.3) is 11.1 Å². The summed E-state index contributed by atoms with van der Waals surface area (Å²) in [6.45, 7) is 0. The quantitative estimate of drug-likeness (QED) is 0.651. The molecule has 1 heterocycles. The molecular weight excluding hydrogens is 290 g/mol. The highest BCUT2D eigenvalue weighted by Crippen LogP contribution is 2.19. The van der Waals surface area contributed by atoms with Crippen molar-refractivity contribution < 1.29 is 9.59 Å². The molecule has 0 unspecified atom stereocenters. The Morgan fingerprint density at radius 1 is 0.696 bits per heavy atom. The fourth-order valence-corrected chi connectivity index (χ4v) is 2.17. The summed E-state index contributed by atoms with van der Waals surface area (Å²) < 4.78 is 0. The van der Waals surface area contributed by atoms with Crippen LogP contribution in [0.1, 0.15) is 20.8 Å². The number of H-pyrrole nitrogens is 1. The Morgan fingerprint density at radius 2 is 1.35 bits per heavy atom. The number of hydrogen-bond donors (Lipinski definition) is 3. The second-order valence-electron chi connectivity index (χ2n) is 4.94. The van der Waals surface area contributed by atoms with Crippen molar-refractivity contribution in [3.63, 3.8) is 0 Å². The van der Waals surface area contributed by atoms with Crippen LogP contribution in [-0.2, 0) is 0 Å². The minimum absolute atomic E-state index is 0.371. The van der Waals surface area contributed by atoms with Gasteiger partial charge in [-0.1, -0.05) is 42.5 Å². The van der Waals surface area contributed by atoms with Gasteiger partial charge in [0.15, 0.2) is 0 Å². The second-order valence-corrected chi connectivity index (χ2v) is 4.94. The van der Waals surface area contributed by atoms with Crippen molar-refractivity contribution in [2.45, 2.75) is 0 Å². The zero-order valence-corrected chi connectivity index (χ0v) is 12.2. The number of hydrazine groups is 1. The van der Waals surface area contributed by atoms with E-state index in [-0.39, 0.29) is 5.91 Å². The number of aromatic amines is 1. The fraction of sp³-hybridized carbons (Fsp3) is 0. The van der Waals surface area contributed by atoms with Gasteiger partial charge in [0.25, 0.3) is 11.8 Å². The molecular formula is C18H15N3O2. The number of amides is 2. The molecule has 1 aromatic heterocycles. The van der Waals surface area contributed by atoms with Crippen molar-refractivity contribution in [2.24, 2.45) is 0 Å². The summed E-state index contributed by atoms with van der Waals surface area (Å²) in [7, 11) is 0. The van der Waals surface area contributed by atoms with Crippen molar-refractivity contribution in [3.8, 4) is 11.1 Å². The highest BCUT2D eigenvalue weighted by atomic mass is 16.2. The molecule has 0 aliphatic rings. The zero-order chi connectivity index (χ0) is 16.1. The Morgan fingerprint density at radius 3 is 2.00 bits per heavy atom. The van der Waals surface area contributed by atoms with Gasteiger partial charge in [0.2, 0.25) is 0 Å². The lowest BCUT2D eigenvalue weighted by molar-refractivity contribution is 0.0844. The molecule has 0 radical (unpaired) electrons. The van der Waals surface area contributed by atoms with E-state index >= 15 is 0 Å². The van der Waals surface area contributed by atoms with E-state index in [0.717, 1.165) is 11.1 Å². The Bertz CT molecular complexity index is 794. The summed E-state index contributed by atoms with van der Waals surface area (Å²) in [6.07, 6.45) is 1.64. The Kier molecular flexibility index (Phi) is 4.20. The zero-order valence-electron chi connectivity index (χ0n) is 12.2. The molecule has 114 valence electrons. The molecule has 5 heteroatoms. The SMILES string of the molecule is O=C(NNC(=O)c1ccc[nH]1)c1ccc(-c2ccccc2)cc1. The smallest absolute Gasteiger partial charge is 0.286 e. The predicted octanol–water partition coefficient (Wildman–Crippen LogP) is 2.76. The maximum Gasteiger partial charge on any atom is 0.286 e. The van der Waals surface area contributed by atoms with Crippen LogP contribution in [0.15, 0.2) is 72.9 Å². The molecule has 0 saturated carbocycles. The molecule has 5 nitrogen and oxygen atoms in total. The van der Waals surface area contributed by atoms with E-state index in [1.165, 1.54) is 0 Å². The van der Waals surface area contributed by atoms with E-state index in [9.17, 15) is 9.59 Å². The summed E-state index contributed by atoms with van der Waals surface area (Å²) >= 11 is 0. The summed E-state index contributed by atoms with van der Waals surface area (Å²) in [5.41, 5.74) is 7.70. The number of carbonyl (C=O) groups is 2. The lowest BCUT2D eigenvalue weighted by Crippen LogP contribution is -2.41. The summed E-state index contributed by atoms with van der Waals surface area (Å²) in [5, 5.41) is 0. The number of hydrogen-bond acceptors (Lipinski definition) is 2. The molecule has 2 aromatic carbocycles. The van der Waals surface area contributed by atoms with Gasteiger partial charge in [-0.05, 0) is 35.4 Å². The molecule has 0 saturated heterocycles. The molecule has 3 rings (SSSR count). The van der Waals surface area contributed by atoms with Crippen LogP contribution in [0.4, 0.5) is 0 Å². The fourth-order valence-electron chi connectivity index (χ4n) is 2.17. The molecule has 0 bridgehead atoms. The lowest BCUT2D eigenvalue weighted by Gasteiger charge is -2.07. The van der Waals surface area contributed by atoms with Crippen molar-refractivity contribution in [1.82, 2.24) is 15.8 Å². The van der Waals surface area contributed by atoms with Crippen LogP contribution in [0.5, 0.6) is 0 Å². The number of nitrogens with one attached hydrogen (secondary N) is 3. The highest BCUT2D eigenvalue weighted by molar-refractivity contribution is 5.98. The highest BCUT2D eigenvalue weighted by Gasteiger charge is 2.09. The number of carbonyl (C=O) groups excluding carboxylic acids is 2. The normalized spacial score (nSPS) is 10.1. The van der Waals surface area contributed by atoms with Gasteiger partial charge in [-0.15, -0.1) is 0 Å². The van der Waals surface area contributed by atoms with Crippen LogP contribution in [0.2, 0.25) is 0 Å². The lowest BCUT2D eigenvalue weighted by atomic mass is 10.0. The maximum absolute atomic E-state index is 12.0.